The average molecular weight is 333 g/mol. The molecule has 2 atom stereocenters. The number of carbonyl (C=O) groups excluding carboxylic acids is 2. The molecule has 0 aromatic rings. The van der Waals surface area contributed by atoms with Gasteiger partial charge in [0.15, 0.2) is 0 Å². The smallest absolute Gasteiger partial charge is 0.319 e. The molecule has 0 spiro atoms. The van der Waals surface area contributed by atoms with Gasteiger partial charge in [0.05, 0.1) is 5.92 Å². The minimum absolute atomic E-state index is 0.0715. The molecule has 0 aromatic heterocycles. The highest BCUT2D eigenvalue weighted by Gasteiger charge is 2.24. The largest absolute Gasteiger partial charge is 0.465 e. The predicted octanol–water partition coefficient (Wildman–Crippen LogP) is 4.07. The van der Waals surface area contributed by atoms with Gasteiger partial charge in [0.2, 0.25) is 0 Å². The Balaban J connectivity index is 4.06. The third-order valence-electron chi connectivity index (χ3n) is 2.91. The van der Waals surface area contributed by atoms with Crippen molar-refractivity contribution in [3.05, 3.63) is 0 Å². The molecule has 2 unspecified atom stereocenters. The van der Waals surface area contributed by atoms with E-state index in [0.29, 0.717) is 24.7 Å². The predicted molar refractivity (Wildman–Crippen MR) is 92.0 cm³/mol. The van der Waals surface area contributed by atoms with Crippen LogP contribution in [0.1, 0.15) is 61.3 Å². The molecule has 0 aromatic carbocycles. The van der Waals surface area contributed by atoms with Crippen molar-refractivity contribution in [2.75, 3.05) is 12.4 Å². The van der Waals surface area contributed by atoms with Gasteiger partial charge in [0.1, 0.15) is 17.5 Å². The molecular weight excluding hydrogens is 300 g/mol. The first-order valence-electron chi connectivity index (χ1n) is 8.07. The minimum atomic E-state index is -0.468. The van der Waals surface area contributed by atoms with E-state index < -0.39 is 5.60 Å². The molecule has 0 bridgehead atoms. The Hall–Kier alpha value is -0.710. The lowest BCUT2D eigenvalue weighted by Gasteiger charge is -2.23. The van der Waals surface area contributed by atoms with E-state index in [1.54, 1.807) is 0 Å². The zero-order valence-corrected chi connectivity index (χ0v) is 15.9. The zero-order valence-electron chi connectivity index (χ0n) is 15.1. The molecule has 0 saturated carbocycles. The first kappa shape index (κ1) is 21.3. The average Bonchev–Trinajstić information content (AvgIpc) is 2.35. The summed E-state index contributed by atoms with van der Waals surface area (Å²) in [5.41, 5.74) is -0.468. The topological polar surface area (TPSA) is 52.6 Å². The number of carbonyl (C=O) groups is 2. The van der Waals surface area contributed by atoms with E-state index in [9.17, 15) is 9.59 Å². The van der Waals surface area contributed by atoms with Crippen molar-refractivity contribution in [3.8, 4) is 0 Å². The molecule has 0 aliphatic heterocycles. The van der Waals surface area contributed by atoms with Crippen LogP contribution in [-0.2, 0) is 19.1 Å². The molecular formula is C17H32O4S. The third kappa shape index (κ3) is 10.1. The van der Waals surface area contributed by atoms with Crippen LogP contribution in [0.3, 0.4) is 0 Å². The van der Waals surface area contributed by atoms with E-state index in [1.807, 2.05) is 34.6 Å². The second kappa shape index (κ2) is 10.1. The van der Waals surface area contributed by atoms with Gasteiger partial charge in [-0.15, -0.1) is 11.8 Å². The highest BCUT2D eigenvalue weighted by atomic mass is 32.2. The second-order valence-electron chi connectivity index (χ2n) is 7.00. The normalized spacial score (nSPS) is 14.5. The molecule has 4 nitrogen and oxygen atoms in total. The number of hydrogen-bond donors (Lipinski definition) is 0. The number of thioether (sulfide) groups is 1. The quantitative estimate of drug-likeness (QED) is 0.471. The van der Waals surface area contributed by atoms with Gasteiger partial charge < -0.3 is 9.47 Å². The molecule has 0 aliphatic carbocycles. The van der Waals surface area contributed by atoms with Crippen molar-refractivity contribution in [1.29, 1.82) is 0 Å². The monoisotopic (exact) mass is 332 g/mol. The molecule has 0 aliphatic rings. The first-order valence-corrected chi connectivity index (χ1v) is 9.12. The molecule has 0 radical (unpaired) electrons. The lowest BCUT2D eigenvalue weighted by Crippen LogP contribution is -2.30. The van der Waals surface area contributed by atoms with E-state index in [0.717, 1.165) is 6.42 Å². The van der Waals surface area contributed by atoms with Crippen LogP contribution < -0.4 is 0 Å². The summed E-state index contributed by atoms with van der Waals surface area (Å²) in [6.45, 7) is 14.0. The van der Waals surface area contributed by atoms with Gasteiger partial charge in [-0.2, -0.15) is 0 Å². The highest BCUT2D eigenvalue weighted by Crippen LogP contribution is 2.20. The fourth-order valence-corrected chi connectivity index (χ4v) is 2.88. The summed E-state index contributed by atoms with van der Waals surface area (Å²) < 4.78 is 10.7. The molecule has 0 rings (SSSR count). The molecule has 0 N–H and O–H groups in total. The lowest BCUT2D eigenvalue weighted by atomic mass is 9.99. The summed E-state index contributed by atoms with van der Waals surface area (Å²) in [4.78, 5) is 23.8. The van der Waals surface area contributed by atoms with Gasteiger partial charge in [-0.1, -0.05) is 27.7 Å². The maximum Gasteiger partial charge on any atom is 0.319 e. The van der Waals surface area contributed by atoms with Crippen LogP contribution in [0, 0.1) is 11.8 Å². The van der Waals surface area contributed by atoms with Crippen LogP contribution >= 0.6 is 11.8 Å². The summed E-state index contributed by atoms with van der Waals surface area (Å²) in [6, 6.07) is 0. The Labute approximate surface area is 139 Å². The third-order valence-corrected chi connectivity index (χ3v) is 4.24. The van der Waals surface area contributed by atoms with Gasteiger partial charge in [0, 0.05) is 5.75 Å². The fourth-order valence-electron chi connectivity index (χ4n) is 2.00. The molecule has 5 heteroatoms. The van der Waals surface area contributed by atoms with Crippen LogP contribution in [-0.4, -0.2) is 35.1 Å². The van der Waals surface area contributed by atoms with Crippen LogP contribution in [0.4, 0.5) is 0 Å². The minimum Gasteiger partial charge on any atom is -0.465 e. The van der Waals surface area contributed by atoms with Gasteiger partial charge in [0.25, 0.3) is 0 Å². The number of rotatable bonds is 9. The van der Waals surface area contributed by atoms with Crippen molar-refractivity contribution in [3.63, 3.8) is 0 Å². The zero-order chi connectivity index (χ0) is 17.3. The van der Waals surface area contributed by atoms with E-state index in [-0.39, 0.29) is 23.1 Å². The molecule has 0 heterocycles. The van der Waals surface area contributed by atoms with Crippen LogP contribution in [0.15, 0.2) is 0 Å². The Morgan fingerprint density at radius 3 is 2.14 bits per heavy atom. The Bertz CT molecular complexity index is 347. The highest BCUT2D eigenvalue weighted by molar-refractivity contribution is 8.00. The van der Waals surface area contributed by atoms with Gasteiger partial charge in [-0.05, 0) is 39.5 Å². The maximum absolute atomic E-state index is 12.0. The number of esters is 2. The van der Waals surface area contributed by atoms with Crippen LogP contribution in [0.5, 0.6) is 0 Å². The van der Waals surface area contributed by atoms with E-state index >= 15 is 0 Å². The van der Waals surface area contributed by atoms with Crippen molar-refractivity contribution >= 4 is 23.7 Å². The summed E-state index contributed by atoms with van der Waals surface area (Å²) in [5.74, 6) is 0.670. The molecule has 0 amide bonds. The second-order valence-corrected chi connectivity index (χ2v) is 8.31. The van der Waals surface area contributed by atoms with Crippen molar-refractivity contribution in [1.82, 2.24) is 0 Å². The van der Waals surface area contributed by atoms with E-state index in [2.05, 4.69) is 13.8 Å². The van der Waals surface area contributed by atoms with Crippen molar-refractivity contribution in [2.45, 2.75) is 72.2 Å². The van der Waals surface area contributed by atoms with Gasteiger partial charge >= 0.3 is 11.9 Å². The number of hydrogen-bond acceptors (Lipinski definition) is 5. The summed E-state index contributed by atoms with van der Waals surface area (Å²) >= 11 is 1.49. The van der Waals surface area contributed by atoms with Crippen molar-refractivity contribution in [2.24, 2.45) is 11.8 Å². The summed E-state index contributed by atoms with van der Waals surface area (Å²) in [6.07, 6.45) is 1.54. The number of ether oxygens (including phenoxy) is 2. The Kier molecular flexibility index (Phi) is 9.81. The molecule has 130 valence electrons. The van der Waals surface area contributed by atoms with Crippen LogP contribution in [0.25, 0.3) is 0 Å². The van der Waals surface area contributed by atoms with Gasteiger partial charge in [-0.3, -0.25) is 9.59 Å². The standard InChI is InChI=1S/C17H32O4S/c1-8-14(16(19)21-17(5,6)7)22-10-9-20-15(18)13(4)11-12(2)3/h12-14H,8-11H2,1-7H3. The Morgan fingerprint density at radius 2 is 1.68 bits per heavy atom. The van der Waals surface area contributed by atoms with Crippen molar-refractivity contribution < 1.29 is 19.1 Å². The molecule has 0 saturated heterocycles. The summed E-state index contributed by atoms with van der Waals surface area (Å²) in [7, 11) is 0. The molecule has 22 heavy (non-hydrogen) atoms. The van der Waals surface area contributed by atoms with Gasteiger partial charge in [-0.25, -0.2) is 0 Å². The maximum atomic E-state index is 12.0. The fraction of sp³-hybridized carbons (Fsp3) is 0.882. The van der Waals surface area contributed by atoms with E-state index in [1.165, 1.54) is 11.8 Å². The lowest BCUT2D eigenvalue weighted by molar-refractivity contribution is -0.154. The molecule has 0 fully saturated rings. The first-order chi connectivity index (χ1) is 10.1. The van der Waals surface area contributed by atoms with Crippen LogP contribution in [0.2, 0.25) is 0 Å². The SMILES string of the molecule is CCC(SCCOC(=O)C(C)CC(C)C)C(=O)OC(C)(C)C. The summed E-state index contributed by atoms with van der Waals surface area (Å²) in [5, 5.41) is -0.203. The Morgan fingerprint density at radius 1 is 1.09 bits per heavy atom. The van der Waals surface area contributed by atoms with E-state index in [4.69, 9.17) is 9.47 Å².